The van der Waals surface area contributed by atoms with Crippen molar-refractivity contribution in [2.45, 2.75) is 25.5 Å². The summed E-state index contributed by atoms with van der Waals surface area (Å²) in [5.74, 6) is -3.68. The highest BCUT2D eigenvalue weighted by Gasteiger charge is 2.31. The van der Waals surface area contributed by atoms with E-state index in [1.807, 2.05) is 0 Å². The number of nitrogens with one attached hydrogen (secondary N) is 1. The van der Waals surface area contributed by atoms with Gasteiger partial charge in [0, 0.05) is 26.2 Å². The maximum Gasteiger partial charge on any atom is 0.271 e. The van der Waals surface area contributed by atoms with Gasteiger partial charge in [0.05, 0.1) is 5.69 Å². The number of hydrogen-bond donors (Lipinski definition) is 2. The van der Waals surface area contributed by atoms with E-state index >= 15 is 0 Å². The van der Waals surface area contributed by atoms with Crippen LogP contribution in [0.4, 0.5) is 13.2 Å². The highest BCUT2D eigenvalue weighted by molar-refractivity contribution is 5.06. The highest BCUT2D eigenvalue weighted by Crippen LogP contribution is 2.16. The fourth-order valence-corrected chi connectivity index (χ4v) is 1.05. The first-order valence-corrected chi connectivity index (χ1v) is 4.77. The molecule has 0 radical (unpaired) electrons. The van der Waals surface area contributed by atoms with E-state index < -0.39 is 17.8 Å². The van der Waals surface area contributed by atoms with Crippen LogP contribution in [-0.2, 0) is 6.54 Å². The number of pyridine rings is 1. The van der Waals surface area contributed by atoms with Crippen molar-refractivity contribution in [1.29, 1.82) is 0 Å². The second kappa shape index (κ2) is 5.27. The zero-order valence-electron chi connectivity index (χ0n) is 8.75. The number of aromatic nitrogens is 1. The fraction of sp³-hybridized carbons (Fsp3) is 0.500. The molecular weight excluding hydrogens is 221 g/mol. The molecule has 1 aromatic rings. The lowest BCUT2D eigenvalue weighted by atomic mass is 10.2. The Kier molecular flexibility index (Phi) is 4.26. The summed E-state index contributed by atoms with van der Waals surface area (Å²) in [6.45, 7) is 0.306. The summed E-state index contributed by atoms with van der Waals surface area (Å²) in [5, 5.41) is 11.5. The zero-order chi connectivity index (χ0) is 12.2. The fourth-order valence-electron chi connectivity index (χ4n) is 1.05. The van der Waals surface area contributed by atoms with Crippen LogP contribution in [0.2, 0.25) is 0 Å². The van der Waals surface area contributed by atoms with Gasteiger partial charge in [-0.15, -0.1) is 0 Å². The van der Waals surface area contributed by atoms with E-state index in [1.54, 1.807) is 0 Å². The molecule has 0 amide bonds. The Bertz CT molecular complexity index is 341. The smallest absolute Gasteiger partial charge is 0.271 e. The van der Waals surface area contributed by atoms with Crippen molar-refractivity contribution < 1.29 is 18.3 Å². The average Bonchev–Trinajstić information content (AvgIpc) is 2.19. The summed E-state index contributed by atoms with van der Waals surface area (Å²) in [6.07, 6.45) is -0.385. The summed E-state index contributed by atoms with van der Waals surface area (Å²) in [4.78, 5) is 3.73. The van der Waals surface area contributed by atoms with Gasteiger partial charge in [-0.2, -0.15) is 0 Å². The Morgan fingerprint density at radius 1 is 1.56 bits per heavy atom. The van der Waals surface area contributed by atoms with E-state index in [0.29, 0.717) is 6.92 Å². The van der Waals surface area contributed by atoms with Gasteiger partial charge in [0.25, 0.3) is 5.92 Å². The Morgan fingerprint density at radius 2 is 2.25 bits per heavy atom. The molecule has 2 N–H and O–H groups in total. The van der Waals surface area contributed by atoms with Crippen molar-refractivity contribution in [1.82, 2.24) is 10.3 Å². The van der Waals surface area contributed by atoms with Crippen LogP contribution >= 0.6 is 0 Å². The third-order valence-corrected chi connectivity index (χ3v) is 2.05. The van der Waals surface area contributed by atoms with E-state index in [0.717, 1.165) is 0 Å². The van der Waals surface area contributed by atoms with Crippen LogP contribution in [0.5, 0.6) is 0 Å². The molecule has 0 saturated heterocycles. The molecule has 0 bridgehead atoms. The Balaban J connectivity index is 2.40. The monoisotopic (exact) mass is 234 g/mol. The summed E-state index contributed by atoms with van der Waals surface area (Å²) in [7, 11) is 0. The second-order valence-corrected chi connectivity index (χ2v) is 3.53. The lowest BCUT2D eigenvalue weighted by molar-refractivity contribution is -0.0912. The average molecular weight is 234 g/mol. The largest absolute Gasteiger partial charge is 0.386 e. The van der Waals surface area contributed by atoms with E-state index in [9.17, 15) is 13.2 Å². The first kappa shape index (κ1) is 12.9. The molecule has 6 heteroatoms. The van der Waals surface area contributed by atoms with Crippen molar-refractivity contribution in [3.63, 3.8) is 0 Å². The summed E-state index contributed by atoms with van der Waals surface area (Å²) in [5.41, 5.74) is 0.133. The maximum atomic E-state index is 13.0. The van der Waals surface area contributed by atoms with E-state index in [4.69, 9.17) is 5.11 Å². The zero-order valence-corrected chi connectivity index (χ0v) is 8.75. The number of halogens is 3. The molecule has 16 heavy (non-hydrogen) atoms. The molecule has 0 aliphatic heterocycles. The number of nitrogens with zero attached hydrogens (tertiary/aromatic N) is 1. The molecule has 90 valence electrons. The number of alkyl halides is 2. The predicted molar refractivity (Wildman–Crippen MR) is 52.5 cm³/mol. The lowest BCUT2D eigenvalue weighted by Crippen LogP contribution is -2.39. The van der Waals surface area contributed by atoms with Crippen molar-refractivity contribution in [2.24, 2.45) is 0 Å². The van der Waals surface area contributed by atoms with E-state index in [1.165, 1.54) is 18.3 Å². The molecular formula is C10H13F3N2O. The van der Waals surface area contributed by atoms with Crippen molar-refractivity contribution in [3.05, 3.63) is 29.8 Å². The summed E-state index contributed by atoms with van der Waals surface area (Å²) < 4.78 is 38.1. The maximum absolute atomic E-state index is 13.0. The summed E-state index contributed by atoms with van der Waals surface area (Å²) in [6, 6.07) is 2.67. The second-order valence-electron chi connectivity index (χ2n) is 3.53. The molecule has 1 rings (SSSR count). The number of aliphatic hydroxyl groups is 1. The minimum Gasteiger partial charge on any atom is -0.386 e. The van der Waals surface area contributed by atoms with Gasteiger partial charge in [0.15, 0.2) is 0 Å². The van der Waals surface area contributed by atoms with Gasteiger partial charge < -0.3 is 10.4 Å². The molecule has 0 fully saturated rings. The van der Waals surface area contributed by atoms with Crippen molar-refractivity contribution in [2.75, 3.05) is 6.54 Å². The standard InChI is InChI=1S/C10H13F3N2O/c1-10(12,13)9(16)6-14-5-8-7(11)3-2-4-15-8/h2-4,9,14,16H,5-6H2,1H3. The van der Waals surface area contributed by atoms with Crippen LogP contribution in [0.3, 0.4) is 0 Å². The predicted octanol–water partition coefficient (Wildman–Crippen LogP) is 1.33. The van der Waals surface area contributed by atoms with Crippen LogP contribution in [0.15, 0.2) is 18.3 Å². The van der Waals surface area contributed by atoms with Gasteiger partial charge in [0.2, 0.25) is 0 Å². The topological polar surface area (TPSA) is 45.1 Å². The van der Waals surface area contributed by atoms with Crippen molar-refractivity contribution in [3.8, 4) is 0 Å². The highest BCUT2D eigenvalue weighted by atomic mass is 19.3. The van der Waals surface area contributed by atoms with Gasteiger partial charge in [-0.1, -0.05) is 0 Å². The van der Waals surface area contributed by atoms with Gasteiger partial charge >= 0.3 is 0 Å². The van der Waals surface area contributed by atoms with Crippen molar-refractivity contribution >= 4 is 0 Å². The van der Waals surface area contributed by atoms with Crippen LogP contribution in [-0.4, -0.2) is 28.7 Å². The Hall–Kier alpha value is -1.14. The summed E-state index contributed by atoms with van der Waals surface area (Å²) >= 11 is 0. The number of aliphatic hydroxyl groups excluding tert-OH is 1. The molecule has 1 unspecified atom stereocenters. The SMILES string of the molecule is CC(F)(F)C(O)CNCc1ncccc1F. The van der Waals surface area contributed by atoms with Gasteiger partial charge in [-0.05, 0) is 12.1 Å². The molecule has 1 aromatic heterocycles. The van der Waals surface area contributed by atoms with Crippen LogP contribution in [0.25, 0.3) is 0 Å². The molecule has 3 nitrogen and oxygen atoms in total. The van der Waals surface area contributed by atoms with E-state index in [-0.39, 0.29) is 18.8 Å². The number of rotatable bonds is 5. The van der Waals surface area contributed by atoms with Gasteiger partial charge in [-0.3, -0.25) is 4.98 Å². The molecule has 0 aromatic carbocycles. The van der Waals surface area contributed by atoms with E-state index in [2.05, 4.69) is 10.3 Å². The Labute approximate surface area is 91.3 Å². The molecule has 0 saturated carbocycles. The van der Waals surface area contributed by atoms with Crippen LogP contribution in [0.1, 0.15) is 12.6 Å². The molecule has 0 spiro atoms. The van der Waals surface area contributed by atoms with Gasteiger partial charge in [-0.25, -0.2) is 13.2 Å². The quantitative estimate of drug-likeness (QED) is 0.807. The molecule has 0 aliphatic rings. The van der Waals surface area contributed by atoms with Gasteiger partial charge in [0.1, 0.15) is 11.9 Å². The Morgan fingerprint density at radius 3 is 2.81 bits per heavy atom. The molecule has 1 atom stereocenters. The molecule has 1 heterocycles. The normalized spacial score (nSPS) is 13.8. The first-order chi connectivity index (χ1) is 7.41. The van der Waals surface area contributed by atoms with Crippen LogP contribution in [0, 0.1) is 5.82 Å². The third kappa shape index (κ3) is 3.79. The van der Waals surface area contributed by atoms with Crippen LogP contribution < -0.4 is 5.32 Å². The minimum absolute atomic E-state index is 0.000185. The number of hydrogen-bond acceptors (Lipinski definition) is 3. The lowest BCUT2D eigenvalue weighted by Gasteiger charge is -2.18. The third-order valence-electron chi connectivity index (χ3n) is 2.05. The first-order valence-electron chi connectivity index (χ1n) is 4.77. The minimum atomic E-state index is -3.17. The molecule has 0 aliphatic carbocycles.